The van der Waals surface area contributed by atoms with Crippen LogP contribution in [0.25, 0.3) is 10.4 Å². The molecular formula is C16H19NOS. The van der Waals surface area contributed by atoms with E-state index in [9.17, 15) is 4.79 Å². The highest BCUT2D eigenvalue weighted by Gasteiger charge is 2.12. The van der Waals surface area contributed by atoms with Gasteiger partial charge in [-0.3, -0.25) is 4.79 Å². The van der Waals surface area contributed by atoms with Crippen LogP contribution in [0.15, 0.2) is 36.4 Å². The topological polar surface area (TPSA) is 20.3 Å². The van der Waals surface area contributed by atoms with E-state index in [1.165, 1.54) is 15.3 Å². The van der Waals surface area contributed by atoms with Gasteiger partial charge in [0, 0.05) is 28.4 Å². The highest BCUT2D eigenvalue weighted by atomic mass is 32.1. The van der Waals surface area contributed by atoms with Crippen LogP contribution < -0.4 is 0 Å². The van der Waals surface area contributed by atoms with Gasteiger partial charge in [-0.05, 0) is 50.6 Å². The van der Waals surface area contributed by atoms with Crippen LogP contribution in [0.3, 0.4) is 0 Å². The third kappa shape index (κ3) is 3.04. The summed E-state index contributed by atoms with van der Waals surface area (Å²) in [6.07, 6.45) is 0. The monoisotopic (exact) mass is 273 g/mol. The van der Waals surface area contributed by atoms with Gasteiger partial charge in [-0.15, -0.1) is 11.3 Å². The molecule has 0 bridgehead atoms. The smallest absolute Gasteiger partial charge is 0.253 e. The fraction of sp³-hybridized carbons (Fsp3) is 0.312. The van der Waals surface area contributed by atoms with E-state index >= 15 is 0 Å². The zero-order chi connectivity index (χ0) is 13.8. The number of carbonyl (C=O) groups is 1. The molecule has 2 aromatic rings. The lowest BCUT2D eigenvalue weighted by Gasteiger charge is -2.18. The molecule has 19 heavy (non-hydrogen) atoms. The van der Waals surface area contributed by atoms with E-state index < -0.39 is 0 Å². The Hall–Kier alpha value is -1.61. The van der Waals surface area contributed by atoms with Gasteiger partial charge in [0.05, 0.1) is 0 Å². The molecule has 0 aliphatic carbocycles. The van der Waals surface area contributed by atoms with Crippen LogP contribution in [-0.2, 0) is 0 Å². The second-order valence-corrected chi connectivity index (χ2v) is 5.75. The molecule has 1 amide bonds. The molecule has 3 heteroatoms. The standard InChI is InChI=1S/C16H19NOS/c1-4-17(5-2)16(18)14-9-7-13(8-10-14)15-11-6-12(3)19-15/h6-11H,4-5H2,1-3H3. The highest BCUT2D eigenvalue weighted by molar-refractivity contribution is 7.15. The summed E-state index contributed by atoms with van der Waals surface area (Å²) >= 11 is 1.78. The van der Waals surface area contributed by atoms with Crippen molar-refractivity contribution >= 4 is 17.2 Å². The van der Waals surface area contributed by atoms with Gasteiger partial charge in [0.15, 0.2) is 0 Å². The fourth-order valence-electron chi connectivity index (χ4n) is 2.06. The second kappa shape index (κ2) is 6.02. The Bertz CT molecular complexity index is 552. The molecule has 0 N–H and O–H groups in total. The molecule has 0 radical (unpaired) electrons. The van der Waals surface area contributed by atoms with Crippen molar-refractivity contribution in [3.8, 4) is 10.4 Å². The van der Waals surface area contributed by atoms with Crippen LogP contribution in [0.1, 0.15) is 29.1 Å². The van der Waals surface area contributed by atoms with Crippen molar-refractivity contribution in [2.45, 2.75) is 20.8 Å². The van der Waals surface area contributed by atoms with Crippen LogP contribution in [0.5, 0.6) is 0 Å². The van der Waals surface area contributed by atoms with Gasteiger partial charge in [-0.25, -0.2) is 0 Å². The summed E-state index contributed by atoms with van der Waals surface area (Å²) in [5.41, 5.74) is 1.94. The maximum Gasteiger partial charge on any atom is 0.253 e. The minimum absolute atomic E-state index is 0.110. The Kier molecular flexibility index (Phi) is 4.38. The number of nitrogens with zero attached hydrogens (tertiary/aromatic N) is 1. The van der Waals surface area contributed by atoms with Crippen molar-refractivity contribution in [2.24, 2.45) is 0 Å². The van der Waals surface area contributed by atoms with Gasteiger partial charge in [0.1, 0.15) is 0 Å². The summed E-state index contributed by atoms with van der Waals surface area (Å²) in [6.45, 7) is 7.61. The first kappa shape index (κ1) is 13.8. The Morgan fingerprint density at radius 3 is 2.16 bits per heavy atom. The molecule has 0 aliphatic rings. The molecule has 0 aliphatic heterocycles. The lowest BCUT2D eigenvalue weighted by atomic mass is 10.1. The summed E-state index contributed by atoms with van der Waals surface area (Å²) in [4.78, 5) is 16.6. The van der Waals surface area contributed by atoms with Crippen molar-refractivity contribution in [3.63, 3.8) is 0 Å². The Balaban J connectivity index is 2.21. The van der Waals surface area contributed by atoms with Crippen LogP contribution in [-0.4, -0.2) is 23.9 Å². The molecule has 2 rings (SSSR count). The molecule has 0 saturated carbocycles. The number of aryl methyl sites for hydroxylation is 1. The predicted octanol–water partition coefficient (Wildman–Crippen LogP) is 4.21. The SMILES string of the molecule is CCN(CC)C(=O)c1ccc(-c2ccc(C)s2)cc1. The van der Waals surface area contributed by atoms with E-state index in [-0.39, 0.29) is 5.91 Å². The Labute approximate surface area is 118 Å². The fourth-order valence-corrected chi connectivity index (χ4v) is 2.93. The van der Waals surface area contributed by atoms with Gasteiger partial charge in [-0.1, -0.05) is 12.1 Å². The molecule has 1 aromatic carbocycles. The van der Waals surface area contributed by atoms with E-state index in [2.05, 4.69) is 19.1 Å². The quantitative estimate of drug-likeness (QED) is 0.817. The number of hydrogen-bond acceptors (Lipinski definition) is 2. The first-order valence-corrected chi connectivity index (χ1v) is 7.43. The van der Waals surface area contributed by atoms with E-state index in [4.69, 9.17) is 0 Å². The molecule has 0 unspecified atom stereocenters. The molecule has 0 saturated heterocycles. The predicted molar refractivity (Wildman–Crippen MR) is 81.7 cm³/mol. The number of amides is 1. The van der Waals surface area contributed by atoms with Gasteiger partial charge < -0.3 is 4.90 Å². The van der Waals surface area contributed by atoms with E-state index in [1.807, 2.05) is 43.0 Å². The summed E-state index contributed by atoms with van der Waals surface area (Å²) in [5.74, 6) is 0.110. The zero-order valence-corrected chi connectivity index (χ0v) is 12.5. The maximum atomic E-state index is 12.2. The van der Waals surface area contributed by atoms with Gasteiger partial charge in [0.2, 0.25) is 0 Å². The van der Waals surface area contributed by atoms with Crippen molar-refractivity contribution in [2.75, 3.05) is 13.1 Å². The average Bonchev–Trinajstić information content (AvgIpc) is 2.87. The molecule has 2 nitrogen and oxygen atoms in total. The zero-order valence-electron chi connectivity index (χ0n) is 11.6. The van der Waals surface area contributed by atoms with Gasteiger partial charge in [0.25, 0.3) is 5.91 Å². The number of thiophene rings is 1. The van der Waals surface area contributed by atoms with Crippen LogP contribution in [0, 0.1) is 6.92 Å². The second-order valence-electron chi connectivity index (χ2n) is 4.47. The first-order chi connectivity index (χ1) is 9.15. The third-order valence-electron chi connectivity index (χ3n) is 3.21. The molecule has 1 heterocycles. The number of benzene rings is 1. The third-order valence-corrected chi connectivity index (χ3v) is 4.26. The summed E-state index contributed by atoms with van der Waals surface area (Å²) in [6, 6.07) is 12.1. The van der Waals surface area contributed by atoms with Crippen molar-refractivity contribution < 1.29 is 4.79 Å². The molecule has 0 atom stereocenters. The van der Waals surface area contributed by atoms with Crippen LogP contribution in [0.2, 0.25) is 0 Å². The van der Waals surface area contributed by atoms with Crippen molar-refractivity contribution in [3.05, 3.63) is 46.8 Å². The molecule has 0 spiro atoms. The van der Waals surface area contributed by atoms with E-state index in [1.54, 1.807) is 11.3 Å². The van der Waals surface area contributed by atoms with Crippen LogP contribution >= 0.6 is 11.3 Å². The van der Waals surface area contributed by atoms with E-state index in [0.29, 0.717) is 0 Å². The van der Waals surface area contributed by atoms with Gasteiger partial charge >= 0.3 is 0 Å². The van der Waals surface area contributed by atoms with Crippen molar-refractivity contribution in [1.82, 2.24) is 4.90 Å². The lowest BCUT2D eigenvalue weighted by molar-refractivity contribution is 0.0773. The summed E-state index contributed by atoms with van der Waals surface area (Å²) < 4.78 is 0. The maximum absolute atomic E-state index is 12.2. The highest BCUT2D eigenvalue weighted by Crippen LogP contribution is 2.27. The molecule has 0 fully saturated rings. The molecule has 1 aromatic heterocycles. The number of carbonyl (C=O) groups excluding carboxylic acids is 1. The minimum Gasteiger partial charge on any atom is -0.339 e. The Morgan fingerprint density at radius 2 is 1.68 bits per heavy atom. The molecular weight excluding hydrogens is 254 g/mol. The largest absolute Gasteiger partial charge is 0.339 e. The summed E-state index contributed by atoms with van der Waals surface area (Å²) in [5, 5.41) is 0. The van der Waals surface area contributed by atoms with Gasteiger partial charge in [-0.2, -0.15) is 0 Å². The van der Waals surface area contributed by atoms with E-state index in [0.717, 1.165) is 18.7 Å². The van der Waals surface area contributed by atoms with Crippen molar-refractivity contribution in [1.29, 1.82) is 0 Å². The first-order valence-electron chi connectivity index (χ1n) is 6.61. The lowest BCUT2D eigenvalue weighted by Crippen LogP contribution is -2.30. The Morgan fingerprint density at radius 1 is 1.05 bits per heavy atom. The minimum atomic E-state index is 0.110. The molecule has 100 valence electrons. The normalized spacial score (nSPS) is 10.5. The number of hydrogen-bond donors (Lipinski definition) is 0. The average molecular weight is 273 g/mol. The summed E-state index contributed by atoms with van der Waals surface area (Å²) in [7, 11) is 0. The van der Waals surface area contributed by atoms with Crippen LogP contribution in [0.4, 0.5) is 0 Å². The number of rotatable bonds is 4.